The van der Waals surface area contributed by atoms with Gasteiger partial charge in [-0.05, 0) is 38.0 Å². The first-order valence-electron chi connectivity index (χ1n) is 6.18. The summed E-state index contributed by atoms with van der Waals surface area (Å²) in [7, 11) is 0. The quantitative estimate of drug-likeness (QED) is 0.750. The molecule has 20 heavy (non-hydrogen) atoms. The highest BCUT2D eigenvalue weighted by Crippen LogP contribution is 2.22. The summed E-state index contributed by atoms with van der Waals surface area (Å²) in [6, 6.07) is 5.95. The van der Waals surface area contributed by atoms with E-state index in [0.717, 1.165) is 16.8 Å². The van der Waals surface area contributed by atoms with Crippen LogP contribution in [0.15, 0.2) is 23.4 Å². The molecule has 6 nitrogen and oxygen atoms in total. The van der Waals surface area contributed by atoms with Crippen molar-refractivity contribution in [1.29, 1.82) is 0 Å². The Morgan fingerprint density at radius 3 is 2.85 bits per heavy atom. The van der Waals surface area contributed by atoms with Crippen LogP contribution in [0.1, 0.15) is 18.1 Å². The van der Waals surface area contributed by atoms with Crippen molar-refractivity contribution < 1.29 is 4.79 Å². The van der Waals surface area contributed by atoms with Gasteiger partial charge in [-0.15, -0.1) is 5.10 Å². The largest absolute Gasteiger partial charge is 0.368 e. The fourth-order valence-electron chi connectivity index (χ4n) is 1.63. The summed E-state index contributed by atoms with van der Waals surface area (Å²) in [4.78, 5) is 16.1. The SMILES string of the molecule is Cc1ccc(C)c(NC(=O)C(C)Sc2n[nH]c(N)n2)c1. The highest BCUT2D eigenvalue weighted by Gasteiger charge is 2.17. The van der Waals surface area contributed by atoms with Gasteiger partial charge in [0.05, 0.1) is 5.25 Å². The van der Waals surface area contributed by atoms with Crippen LogP contribution in [0.5, 0.6) is 0 Å². The van der Waals surface area contributed by atoms with E-state index >= 15 is 0 Å². The average Bonchev–Trinajstić information content (AvgIpc) is 2.79. The number of aromatic amines is 1. The van der Waals surface area contributed by atoms with Crippen LogP contribution in [0.3, 0.4) is 0 Å². The van der Waals surface area contributed by atoms with Crippen molar-refractivity contribution in [3.8, 4) is 0 Å². The first-order valence-corrected chi connectivity index (χ1v) is 7.06. The lowest BCUT2D eigenvalue weighted by Crippen LogP contribution is -2.23. The van der Waals surface area contributed by atoms with E-state index in [1.165, 1.54) is 11.8 Å². The topological polar surface area (TPSA) is 96.7 Å². The molecule has 0 bridgehead atoms. The van der Waals surface area contributed by atoms with Crippen LogP contribution in [-0.4, -0.2) is 26.3 Å². The number of hydrogen-bond donors (Lipinski definition) is 3. The van der Waals surface area contributed by atoms with Gasteiger partial charge in [0.1, 0.15) is 0 Å². The van der Waals surface area contributed by atoms with E-state index in [4.69, 9.17) is 5.73 Å². The predicted molar refractivity (Wildman–Crippen MR) is 80.7 cm³/mol. The van der Waals surface area contributed by atoms with Crippen molar-refractivity contribution >= 4 is 29.3 Å². The number of H-pyrrole nitrogens is 1. The molecular formula is C13H17N5OS. The van der Waals surface area contributed by atoms with Crippen LogP contribution >= 0.6 is 11.8 Å². The summed E-state index contributed by atoms with van der Waals surface area (Å²) < 4.78 is 0. The number of rotatable bonds is 4. The van der Waals surface area contributed by atoms with Gasteiger partial charge in [0.15, 0.2) is 0 Å². The summed E-state index contributed by atoms with van der Waals surface area (Å²) >= 11 is 1.26. The third kappa shape index (κ3) is 3.51. The molecule has 4 N–H and O–H groups in total. The van der Waals surface area contributed by atoms with Crippen LogP contribution in [0.25, 0.3) is 0 Å². The standard InChI is InChI=1S/C13H17N5OS/c1-7-4-5-8(2)10(6-7)15-11(19)9(3)20-13-16-12(14)17-18-13/h4-6,9H,1-3H3,(H,15,19)(H3,14,16,17,18). The Kier molecular flexibility index (Phi) is 4.29. The number of aryl methyl sites for hydroxylation is 2. The van der Waals surface area contributed by atoms with Gasteiger partial charge in [0.25, 0.3) is 0 Å². The van der Waals surface area contributed by atoms with Crippen molar-refractivity contribution in [2.45, 2.75) is 31.2 Å². The van der Waals surface area contributed by atoms with Gasteiger partial charge >= 0.3 is 0 Å². The minimum Gasteiger partial charge on any atom is -0.368 e. The van der Waals surface area contributed by atoms with Crippen LogP contribution in [0, 0.1) is 13.8 Å². The van der Waals surface area contributed by atoms with Crippen molar-refractivity contribution in [2.75, 3.05) is 11.1 Å². The van der Waals surface area contributed by atoms with Crippen LogP contribution in [0.2, 0.25) is 0 Å². The van der Waals surface area contributed by atoms with Crippen molar-refractivity contribution in [1.82, 2.24) is 15.2 Å². The van der Waals surface area contributed by atoms with E-state index in [-0.39, 0.29) is 17.1 Å². The minimum atomic E-state index is -0.315. The van der Waals surface area contributed by atoms with Gasteiger partial charge in [0.2, 0.25) is 17.0 Å². The highest BCUT2D eigenvalue weighted by atomic mass is 32.2. The van der Waals surface area contributed by atoms with E-state index in [1.54, 1.807) is 6.92 Å². The number of nitrogens with zero attached hydrogens (tertiary/aromatic N) is 2. The van der Waals surface area contributed by atoms with Gasteiger partial charge in [-0.3, -0.25) is 4.79 Å². The van der Waals surface area contributed by atoms with Gasteiger partial charge in [-0.1, -0.05) is 23.9 Å². The lowest BCUT2D eigenvalue weighted by Gasteiger charge is -2.12. The maximum atomic E-state index is 12.2. The molecule has 7 heteroatoms. The van der Waals surface area contributed by atoms with Crippen molar-refractivity contribution in [3.05, 3.63) is 29.3 Å². The second-order valence-corrected chi connectivity index (χ2v) is 5.88. The van der Waals surface area contributed by atoms with E-state index in [2.05, 4.69) is 20.5 Å². The summed E-state index contributed by atoms with van der Waals surface area (Å²) in [6.07, 6.45) is 0. The van der Waals surface area contributed by atoms with Crippen molar-refractivity contribution in [3.63, 3.8) is 0 Å². The fraction of sp³-hybridized carbons (Fsp3) is 0.308. The van der Waals surface area contributed by atoms with Gasteiger partial charge in [-0.25, -0.2) is 5.10 Å². The van der Waals surface area contributed by atoms with E-state index in [1.807, 2.05) is 32.0 Å². The molecule has 0 radical (unpaired) electrons. The number of hydrogen-bond acceptors (Lipinski definition) is 5. The molecule has 0 spiro atoms. The summed E-state index contributed by atoms with van der Waals surface area (Å²) in [5, 5.41) is 9.51. The number of carbonyl (C=O) groups is 1. The Balaban J connectivity index is 2.02. The number of carbonyl (C=O) groups excluding carboxylic acids is 1. The molecule has 0 saturated carbocycles. The molecule has 0 fully saturated rings. The number of amides is 1. The van der Waals surface area contributed by atoms with E-state index < -0.39 is 0 Å². The molecule has 0 aliphatic heterocycles. The number of nitrogens with one attached hydrogen (secondary N) is 2. The molecule has 1 aromatic carbocycles. The Hall–Kier alpha value is -2.02. The number of nitrogen functional groups attached to an aromatic ring is 1. The first-order chi connectivity index (χ1) is 9.45. The van der Waals surface area contributed by atoms with Crippen LogP contribution in [-0.2, 0) is 4.79 Å². The molecule has 106 valence electrons. The molecule has 0 aliphatic rings. The van der Waals surface area contributed by atoms with Gasteiger partial charge in [0, 0.05) is 5.69 Å². The maximum Gasteiger partial charge on any atom is 0.237 e. The zero-order valence-electron chi connectivity index (χ0n) is 11.6. The Morgan fingerprint density at radius 1 is 1.45 bits per heavy atom. The molecular weight excluding hydrogens is 274 g/mol. The summed E-state index contributed by atoms with van der Waals surface area (Å²) in [6.45, 7) is 5.75. The smallest absolute Gasteiger partial charge is 0.237 e. The maximum absolute atomic E-state index is 12.2. The molecule has 0 saturated heterocycles. The molecule has 1 aromatic heterocycles. The lowest BCUT2D eigenvalue weighted by molar-refractivity contribution is -0.115. The molecule has 1 heterocycles. The summed E-state index contributed by atoms with van der Waals surface area (Å²) in [5.74, 6) is 0.154. The molecule has 1 amide bonds. The second kappa shape index (κ2) is 5.96. The second-order valence-electron chi connectivity index (χ2n) is 4.57. The normalized spacial score (nSPS) is 12.2. The molecule has 2 rings (SSSR count). The Morgan fingerprint density at radius 2 is 2.20 bits per heavy atom. The van der Waals surface area contributed by atoms with Gasteiger partial charge < -0.3 is 11.1 Å². The number of aromatic nitrogens is 3. The molecule has 1 unspecified atom stereocenters. The third-order valence-electron chi connectivity index (χ3n) is 2.78. The first kappa shape index (κ1) is 14.4. The summed E-state index contributed by atoms with van der Waals surface area (Å²) in [5.41, 5.74) is 8.41. The Labute approximate surface area is 121 Å². The van der Waals surface area contributed by atoms with Crippen LogP contribution < -0.4 is 11.1 Å². The van der Waals surface area contributed by atoms with Crippen molar-refractivity contribution in [2.24, 2.45) is 0 Å². The van der Waals surface area contributed by atoms with Gasteiger partial charge in [-0.2, -0.15) is 4.98 Å². The Bertz CT molecular complexity index is 625. The molecule has 1 atom stereocenters. The number of nitrogens with two attached hydrogens (primary N) is 1. The molecule has 2 aromatic rings. The average molecular weight is 291 g/mol. The zero-order chi connectivity index (χ0) is 14.7. The fourth-order valence-corrected chi connectivity index (χ4v) is 2.36. The van der Waals surface area contributed by atoms with E-state index in [9.17, 15) is 4.79 Å². The lowest BCUT2D eigenvalue weighted by atomic mass is 10.1. The zero-order valence-corrected chi connectivity index (χ0v) is 12.4. The predicted octanol–water partition coefficient (Wildman–Crippen LogP) is 2.12. The number of benzene rings is 1. The minimum absolute atomic E-state index is 0.0907. The van der Waals surface area contributed by atoms with Crippen LogP contribution in [0.4, 0.5) is 11.6 Å². The van der Waals surface area contributed by atoms with E-state index in [0.29, 0.717) is 5.16 Å². The highest BCUT2D eigenvalue weighted by molar-refractivity contribution is 8.00. The number of thioether (sulfide) groups is 1. The third-order valence-corrected chi connectivity index (χ3v) is 3.75. The monoisotopic (exact) mass is 291 g/mol. The number of anilines is 2. The molecule has 0 aliphatic carbocycles.